The highest BCUT2D eigenvalue weighted by Crippen LogP contribution is 2.24. The number of benzene rings is 2. The molecule has 1 aliphatic heterocycles. The zero-order chi connectivity index (χ0) is 24.5. The molecule has 1 fully saturated rings. The second-order valence-corrected chi connectivity index (χ2v) is 8.98. The number of hydrogen-bond acceptors (Lipinski definition) is 5. The first-order chi connectivity index (χ1) is 17.6. The average Bonchev–Trinajstić information content (AvgIpc) is 3.37. The van der Waals surface area contributed by atoms with E-state index in [0.29, 0.717) is 18.7 Å². The summed E-state index contributed by atoms with van der Waals surface area (Å²) in [4.78, 5) is 31.5. The monoisotopic (exact) mass is 474 g/mol. The highest BCUT2D eigenvalue weighted by Gasteiger charge is 2.24. The summed E-state index contributed by atoms with van der Waals surface area (Å²) in [5.41, 5.74) is 5.36. The summed E-state index contributed by atoms with van der Waals surface area (Å²) >= 11 is 0. The van der Waals surface area contributed by atoms with Gasteiger partial charge in [-0.05, 0) is 19.1 Å². The fourth-order valence-electron chi connectivity index (χ4n) is 4.65. The number of carbonyl (C=O) groups is 1. The fraction of sp³-hybridized carbons (Fsp3) is 0.172. The third-order valence-electron chi connectivity index (χ3n) is 6.56. The molecule has 6 rings (SSSR count). The number of anilines is 1. The summed E-state index contributed by atoms with van der Waals surface area (Å²) < 4.78 is 1.96. The Bertz CT molecular complexity index is 1520. The molecule has 1 saturated heterocycles. The molecule has 7 nitrogen and oxygen atoms in total. The van der Waals surface area contributed by atoms with Crippen LogP contribution in [-0.2, 0) is 0 Å². The van der Waals surface area contributed by atoms with Crippen LogP contribution in [0.2, 0.25) is 0 Å². The van der Waals surface area contributed by atoms with Crippen LogP contribution in [0.1, 0.15) is 16.2 Å². The predicted octanol–water partition coefficient (Wildman–Crippen LogP) is 4.73. The zero-order valence-electron chi connectivity index (χ0n) is 20.1. The van der Waals surface area contributed by atoms with Gasteiger partial charge in [-0.1, -0.05) is 60.7 Å². The SMILES string of the molecule is Cc1nc(-c2ccccc2)cc(N2CCN(C(=O)c3ccn4cc(-c5ccccc5)nc4c3)CC2)n1. The van der Waals surface area contributed by atoms with Gasteiger partial charge in [0.05, 0.1) is 11.4 Å². The quantitative estimate of drug-likeness (QED) is 0.377. The lowest BCUT2D eigenvalue weighted by molar-refractivity contribution is 0.0746. The van der Waals surface area contributed by atoms with E-state index in [1.807, 2.05) is 95.3 Å². The topological polar surface area (TPSA) is 66.6 Å². The number of pyridine rings is 1. The Morgan fingerprint density at radius 3 is 2.11 bits per heavy atom. The molecular weight excluding hydrogens is 448 g/mol. The maximum absolute atomic E-state index is 13.3. The number of piperazine rings is 1. The highest BCUT2D eigenvalue weighted by atomic mass is 16.2. The van der Waals surface area contributed by atoms with Gasteiger partial charge >= 0.3 is 0 Å². The van der Waals surface area contributed by atoms with E-state index in [0.717, 1.165) is 52.9 Å². The molecule has 0 aliphatic carbocycles. The van der Waals surface area contributed by atoms with Crippen molar-refractivity contribution in [3.05, 3.63) is 103 Å². The lowest BCUT2D eigenvalue weighted by atomic mass is 10.1. The molecule has 7 heteroatoms. The van der Waals surface area contributed by atoms with Crippen LogP contribution in [0.5, 0.6) is 0 Å². The van der Waals surface area contributed by atoms with Gasteiger partial charge in [-0.15, -0.1) is 0 Å². The van der Waals surface area contributed by atoms with Crippen molar-refractivity contribution in [2.24, 2.45) is 0 Å². The molecule has 0 spiro atoms. The Hall–Kier alpha value is -4.52. The Morgan fingerprint density at radius 1 is 0.750 bits per heavy atom. The molecule has 0 atom stereocenters. The van der Waals surface area contributed by atoms with Gasteiger partial charge in [-0.25, -0.2) is 15.0 Å². The van der Waals surface area contributed by atoms with Crippen LogP contribution in [0.3, 0.4) is 0 Å². The second kappa shape index (κ2) is 9.26. The number of fused-ring (bicyclic) bond motifs is 1. The molecule has 0 N–H and O–H groups in total. The summed E-state index contributed by atoms with van der Waals surface area (Å²) in [5.74, 6) is 1.68. The van der Waals surface area contributed by atoms with Gasteiger partial charge in [-0.3, -0.25) is 4.79 Å². The van der Waals surface area contributed by atoms with Gasteiger partial charge in [0.25, 0.3) is 5.91 Å². The number of hydrogen-bond donors (Lipinski definition) is 0. The molecule has 2 aromatic carbocycles. The Labute approximate surface area is 209 Å². The Morgan fingerprint density at radius 2 is 1.42 bits per heavy atom. The molecule has 1 aliphatic rings. The lowest BCUT2D eigenvalue weighted by Crippen LogP contribution is -2.49. The summed E-state index contributed by atoms with van der Waals surface area (Å²) in [5, 5.41) is 0. The lowest BCUT2D eigenvalue weighted by Gasteiger charge is -2.35. The number of aryl methyl sites for hydroxylation is 1. The van der Waals surface area contributed by atoms with E-state index in [1.54, 1.807) is 0 Å². The predicted molar refractivity (Wildman–Crippen MR) is 141 cm³/mol. The summed E-state index contributed by atoms with van der Waals surface area (Å²) in [7, 11) is 0. The number of imidazole rings is 1. The minimum Gasteiger partial charge on any atom is -0.353 e. The van der Waals surface area contributed by atoms with Crippen molar-refractivity contribution in [1.82, 2.24) is 24.3 Å². The van der Waals surface area contributed by atoms with Crippen LogP contribution in [0.15, 0.2) is 91.3 Å². The first-order valence-electron chi connectivity index (χ1n) is 12.1. The number of carbonyl (C=O) groups excluding carboxylic acids is 1. The average molecular weight is 475 g/mol. The van der Waals surface area contributed by atoms with Crippen LogP contribution in [0.25, 0.3) is 28.2 Å². The molecule has 0 saturated carbocycles. The van der Waals surface area contributed by atoms with Crippen molar-refractivity contribution in [3.8, 4) is 22.5 Å². The van der Waals surface area contributed by atoms with E-state index >= 15 is 0 Å². The number of amides is 1. The molecule has 36 heavy (non-hydrogen) atoms. The van der Waals surface area contributed by atoms with Crippen LogP contribution in [0.4, 0.5) is 5.82 Å². The third kappa shape index (κ3) is 4.31. The van der Waals surface area contributed by atoms with Crippen molar-refractivity contribution in [1.29, 1.82) is 0 Å². The minimum absolute atomic E-state index is 0.0326. The summed E-state index contributed by atoms with van der Waals surface area (Å²) in [6.07, 6.45) is 3.90. The van der Waals surface area contributed by atoms with E-state index in [4.69, 9.17) is 4.98 Å². The Kier molecular flexibility index (Phi) is 5.65. The third-order valence-corrected chi connectivity index (χ3v) is 6.56. The maximum Gasteiger partial charge on any atom is 0.254 e. The molecule has 1 amide bonds. The van der Waals surface area contributed by atoms with Crippen molar-refractivity contribution in [3.63, 3.8) is 0 Å². The normalized spacial score (nSPS) is 13.8. The molecular formula is C29H26N6O. The maximum atomic E-state index is 13.3. The molecule has 178 valence electrons. The van der Waals surface area contributed by atoms with Gasteiger partial charge in [0.15, 0.2) is 0 Å². The van der Waals surface area contributed by atoms with Crippen LogP contribution < -0.4 is 4.90 Å². The van der Waals surface area contributed by atoms with Gasteiger partial charge < -0.3 is 14.2 Å². The van der Waals surface area contributed by atoms with Gasteiger partial charge in [0, 0.05) is 61.3 Å². The van der Waals surface area contributed by atoms with Gasteiger partial charge in [0.2, 0.25) is 0 Å². The van der Waals surface area contributed by atoms with E-state index in [2.05, 4.69) is 27.0 Å². The molecule has 0 bridgehead atoms. The van der Waals surface area contributed by atoms with Crippen LogP contribution in [0, 0.1) is 6.92 Å². The number of nitrogens with zero attached hydrogens (tertiary/aromatic N) is 6. The van der Waals surface area contributed by atoms with E-state index < -0.39 is 0 Å². The second-order valence-electron chi connectivity index (χ2n) is 8.98. The molecule has 5 aromatic rings. The largest absolute Gasteiger partial charge is 0.353 e. The van der Waals surface area contributed by atoms with E-state index in [1.165, 1.54) is 0 Å². The molecule has 0 unspecified atom stereocenters. The Balaban J connectivity index is 1.17. The number of aromatic nitrogens is 4. The van der Waals surface area contributed by atoms with Gasteiger partial charge in [0.1, 0.15) is 17.3 Å². The van der Waals surface area contributed by atoms with Crippen molar-refractivity contribution < 1.29 is 4.79 Å². The highest BCUT2D eigenvalue weighted by molar-refractivity contribution is 5.95. The van der Waals surface area contributed by atoms with Crippen LogP contribution >= 0.6 is 0 Å². The number of rotatable bonds is 4. The summed E-state index contributed by atoms with van der Waals surface area (Å²) in [6.45, 7) is 4.64. The first-order valence-corrected chi connectivity index (χ1v) is 12.1. The smallest absolute Gasteiger partial charge is 0.254 e. The summed E-state index contributed by atoms with van der Waals surface area (Å²) in [6, 6.07) is 26.0. The zero-order valence-corrected chi connectivity index (χ0v) is 20.1. The molecule has 4 heterocycles. The van der Waals surface area contributed by atoms with E-state index in [9.17, 15) is 4.79 Å². The first kappa shape index (κ1) is 22.0. The molecule has 3 aromatic heterocycles. The minimum atomic E-state index is 0.0326. The van der Waals surface area contributed by atoms with Crippen LogP contribution in [-0.4, -0.2) is 56.3 Å². The molecule has 0 radical (unpaired) electrons. The van der Waals surface area contributed by atoms with Gasteiger partial charge in [-0.2, -0.15) is 0 Å². The van der Waals surface area contributed by atoms with Crippen molar-refractivity contribution in [2.75, 3.05) is 31.1 Å². The van der Waals surface area contributed by atoms with Crippen molar-refractivity contribution in [2.45, 2.75) is 6.92 Å². The van der Waals surface area contributed by atoms with Crippen molar-refractivity contribution >= 4 is 17.4 Å². The van der Waals surface area contributed by atoms with E-state index in [-0.39, 0.29) is 5.91 Å². The standard InChI is InChI=1S/C29H26N6O/c1-21-30-25(22-8-4-2-5-9-22)19-28(31-21)33-14-16-34(17-15-33)29(36)24-12-13-35-20-26(32-27(35)18-24)23-10-6-3-7-11-23/h2-13,18-20H,14-17H2,1H3. The fourth-order valence-corrected chi connectivity index (χ4v) is 4.65.